The van der Waals surface area contributed by atoms with Crippen molar-refractivity contribution >= 4 is 0 Å². The lowest BCUT2D eigenvalue weighted by Gasteiger charge is -2.32. The Morgan fingerprint density at radius 2 is 1.85 bits per heavy atom. The zero-order valence-corrected chi connectivity index (χ0v) is 13.1. The molecule has 20 heavy (non-hydrogen) atoms. The highest BCUT2D eigenvalue weighted by Crippen LogP contribution is 2.48. The lowest BCUT2D eigenvalue weighted by molar-refractivity contribution is 0.347. The van der Waals surface area contributed by atoms with E-state index in [1.807, 2.05) is 6.07 Å². The minimum absolute atomic E-state index is 0.00705. The topological polar surface area (TPSA) is 55.5 Å². The van der Waals surface area contributed by atoms with E-state index in [1.165, 1.54) is 12.8 Å². The quantitative estimate of drug-likeness (QED) is 0.889. The molecular weight excluding hydrogens is 250 g/mol. The summed E-state index contributed by atoms with van der Waals surface area (Å²) in [6, 6.07) is 4.01. The molecule has 0 heterocycles. The van der Waals surface area contributed by atoms with Crippen LogP contribution >= 0.6 is 0 Å². The van der Waals surface area contributed by atoms with Gasteiger partial charge in [-0.15, -0.1) is 0 Å². The van der Waals surface area contributed by atoms with Gasteiger partial charge in [0, 0.05) is 17.5 Å². The van der Waals surface area contributed by atoms with Crippen molar-refractivity contribution < 1.29 is 9.84 Å². The third-order valence-corrected chi connectivity index (χ3v) is 4.66. The Hall–Kier alpha value is -1.22. The van der Waals surface area contributed by atoms with E-state index >= 15 is 0 Å². The second-order valence-corrected chi connectivity index (χ2v) is 7.02. The summed E-state index contributed by atoms with van der Waals surface area (Å²) in [4.78, 5) is 0. The van der Waals surface area contributed by atoms with Crippen LogP contribution in [0, 0.1) is 0 Å². The average molecular weight is 277 g/mol. The third kappa shape index (κ3) is 2.51. The molecule has 1 saturated carbocycles. The van der Waals surface area contributed by atoms with Gasteiger partial charge in [0.1, 0.15) is 0 Å². The normalized spacial score (nSPS) is 18.2. The lowest BCUT2D eigenvalue weighted by Crippen LogP contribution is -2.33. The molecule has 112 valence electrons. The van der Waals surface area contributed by atoms with Gasteiger partial charge in [-0.05, 0) is 29.9 Å². The van der Waals surface area contributed by atoms with Crippen molar-refractivity contribution in [1.29, 1.82) is 0 Å². The summed E-state index contributed by atoms with van der Waals surface area (Å²) < 4.78 is 5.48. The summed E-state index contributed by atoms with van der Waals surface area (Å²) >= 11 is 0. The van der Waals surface area contributed by atoms with Crippen LogP contribution in [-0.2, 0) is 10.8 Å². The average Bonchev–Trinajstić information content (AvgIpc) is 2.86. The lowest BCUT2D eigenvalue weighted by atomic mass is 9.75. The standard InChI is InChI=1S/C17H27NO2/c1-16(2,3)12-9-13(15(20-4)14(19)10-12)17(11-18)7-5-6-8-17/h9-10,19H,5-8,11,18H2,1-4H3. The van der Waals surface area contributed by atoms with E-state index in [0.29, 0.717) is 12.3 Å². The van der Waals surface area contributed by atoms with Crippen molar-refractivity contribution in [2.75, 3.05) is 13.7 Å². The SMILES string of the molecule is COc1c(O)cc(C(C)(C)C)cc1C1(CN)CCCC1. The highest BCUT2D eigenvalue weighted by molar-refractivity contribution is 5.53. The van der Waals surface area contributed by atoms with Crippen LogP contribution in [-0.4, -0.2) is 18.8 Å². The number of benzene rings is 1. The second-order valence-electron chi connectivity index (χ2n) is 7.02. The predicted octanol–water partition coefficient (Wildman–Crippen LogP) is 3.47. The first-order valence-corrected chi connectivity index (χ1v) is 7.46. The van der Waals surface area contributed by atoms with Gasteiger partial charge in [0.05, 0.1) is 7.11 Å². The van der Waals surface area contributed by atoms with Crippen LogP contribution in [0.5, 0.6) is 11.5 Å². The molecule has 0 atom stereocenters. The highest BCUT2D eigenvalue weighted by Gasteiger charge is 2.38. The largest absolute Gasteiger partial charge is 0.504 e. The van der Waals surface area contributed by atoms with E-state index in [1.54, 1.807) is 7.11 Å². The maximum Gasteiger partial charge on any atom is 0.164 e. The molecule has 0 saturated heterocycles. The number of hydrogen-bond donors (Lipinski definition) is 2. The van der Waals surface area contributed by atoms with Crippen LogP contribution in [0.15, 0.2) is 12.1 Å². The van der Waals surface area contributed by atoms with Gasteiger partial charge in [-0.3, -0.25) is 0 Å². The van der Waals surface area contributed by atoms with Gasteiger partial charge < -0.3 is 15.6 Å². The van der Waals surface area contributed by atoms with Crippen molar-refractivity contribution in [3.63, 3.8) is 0 Å². The minimum atomic E-state index is -0.0376. The maximum absolute atomic E-state index is 10.3. The molecule has 0 unspecified atom stereocenters. The molecule has 0 amide bonds. The van der Waals surface area contributed by atoms with Crippen molar-refractivity contribution in [1.82, 2.24) is 0 Å². The van der Waals surface area contributed by atoms with Gasteiger partial charge in [0.25, 0.3) is 0 Å². The van der Waals surface area contributed by atoms with Gasteiger partial charge in [-0.1, -0.05) is 39.7 Å². The molecule has 0 radical (unpaired) electrons. The van der Waals surface area contributed by atoms with Crippen molar-refractivity contribution in [3.8, 4) is 11.5 Å². The fourth-order valence-corrected chi connectivity index (χ4v) is 3.29. The molecule has 1 aliphatic carbocycles. The Balaban J connectivity index is 2.63. The highest BCUT2D eigenvalue weighted by atomic mass is 16.5. The van der Waals surface area contributed by atoms with E-state index in [9.17, 15) is 5.11 Å². The number of methoxy groups -OCH3 is 1. The Bertz CT molecular complexity index is 482. The second kappa shape index (κ2) is 5.28. The smallest absolute Gasteiger partial charge is 0.164 e. The summed E-state index contributed by atoms with van der Waals surface area (Å²) in [5.74, 6) is 0.833. The van der Waals surface area contributed by atoms with Crippen LogP contribution in [0.1, 0.15) is 57.6 Å². The predicted molar refractivity (Wildman–Crippen MR) is 82.6 cm³/mol. The fraction of sp³-hybridized carbons (Fsp3) is 0.647. The molecule has 2 rings (SSSR count). The van der Waals surface area contributed by atoms with Gasteiger partial charge >= 0.3 is 0 Å². The molecule has 3 N–H and O–H groups in total. The van der Waals surface area contributed by atoms with Crippen molar-refractivity contribution in [2.24, 2.45) is 5.73 Å². The summed E-state index contributed by atoms with van der Waals surface area (Å²) in [6.45, 7) is 7.07. The van der Waals surface area contributed by atoms with Crippen LogP contribution in [0.4, 0.5) is 0 Å². The Kier molecular flexibility index (Phi) is 4.01. The number of rotatable bonds is 3. The first kappa shape index (κ1) is 15.2. The number of phenolic OH excluding ortho intramolecular Hbond substituents is 1. The van der Waals surface area contributed by atoms with E-state index in [2.05, 4.69) is 26.8 Å². The number of aromatic hydroxyl groups is 1. The van der Waals surface area contributed by atoms with Crippen LogP contribution < -0.4 is 10.5 Å². The fourth-order valence-electron chi connectivity index (χ4n) is 3.29. The minimum Gasteiger partial charge on any atom is -0.504 e. The van der Waals surface area contributed by atoms with E-state index in [4.69, 9.17) is 10.5 Å². The number of ether oxygens (including phenoxy) is 1. The summed E-state index contributed by atoms with van der Waals surface area (Å²) in [5, 5.41) is 10.3. The van der Waals surface area contributed by atoms with E-state index in [0.717, 1.165) is 24.0 Å². The van der Waals surface area contributed by atoms with Gasteiger partial charge in [0.2, 0.25) is 0 Å². The molecule has 1 aliphatic rings. The molecule has 1 aromatic rings. The van der Waals surface area contributed by atoms with Crippen LogP contribution in [0.3, 0.4) is 0 Å². The maximum atomic E-state index is 10.3. The van der Waals surface area contributed by atoms with Crippen molar-refractivity contribution in [3.05, 3.63) is 23.3 Å². The van der Waals surface area contributed by atoms with Gasteiger partial charge in [-0.2, -0.15) is 0 Å². The summed E-state index contributed by atoms with van der Waals surface area (Å²) in [5.41, 5.74) is 8.27. The first-order chi connectivity index (χ1) is 9.34. The molecule has 3 heteroatoms. The van der Waals surface area contributed by atoms with Gasteiger partial charge in [0.15, 0.2) is 11.5 Å². The summed E-state index contributed by atoms with van der Waals surface area (Å²) in [6.07, 6.45) is 4.54. The molecule has 0 bridgehead atoms. The van der Waals surface area contributed by atoms with Gasteiger partial charge in [-0.25, -0.2) is 0 Å². The molecule has 0 aromatic heterocycles. The monoisotopic (exact) mass is 277 g/mol. The molecule has 1 aromatic carbocycles. The Labute approximate surface area is 122 Å². The molecule has 1 fully saturated rings. The van der Waals surface area contributed by atoms with Crippen LogP contribution in [0.2, 0.25) is 0 Å². The molecular formula is C17H27NO2. The molecule has 0 aliphatic heterocycles. The first-order valence-electron chi connectivity index (χ1n) is 7.46. The third-order valence-electron chi connectivity index (χ3n) is 4.66. The Morgan fingerprint density at radius 1 is 1.25 bits per heavy atom. The Morgan fingerprint density at radius 3 is 2.30 bits per heavy atom. The number of phenols is 1. The zero-order chi connectivity index (χ0) is 15.0. The van der Waals surface area contributed by atoms with E-state index in [-0.39, 0.29) is 16.6 Å². The summed E-state index contributed by atoms with van der Waals surface area (Å²) in [7, 11) is 1.62. The zero-order valence-electron chi connectivity index (χ0n) is 13.1. The van der Waals surface area contributed by atoms with Crippen molar-refractivity contribution in [2.45, 2.75) is 57.3 Å². The molecule has 3 nitrogen and oxygen atoms in total. The van der Waals surface area contributed by atoms with E-state index < -0.39 is 0 Å². The number of hydrogen-bond acceptors (Lipinski definition) is 3. The molecule has 0 spiro atoms. The van der Waals surface area contributed by atoms with Crippen LogP contribution in [0.25, 0.3) is 0 Å². The number of nitrogens with two attached hydrogens (primary N) is 1.